The Balaban J connectivity index is 0.00000320. The number of aromatic nitrogens is 3. The van der Waals surface area contributed by atoms with Gasteiger partial charge >= 0.3 is 0 Å². The smallest absolute Gasteiger partial charge is 0.179 e. The fourth-order valence-electron chi connectivity index (χ4n) is 4.50. The molecular weight excluding hydrogens is 557 g/mol. The second-order valence-electron chi connectivity index (χ2n) is 9.16. The van der Waals surface area contributed by atoms with Gasteiger partial charge in [-0.05, 0) is 68.4 Å². The number of phenolic OH excluding ortho intramolecular Hbond substituents is 1. The minimum absolute atomic E-state index is 0. The number of hydrogen-bond acceptors (Lipinski definition) is 7. The Labute approximate surface area is 231 Å². The molecule has 1 aliphatic heterocycles. The molecule has 12 heteroatoms. The van der Waals surface area contributed by atoms with Gasteiger partial charge in [-0.1, -0.05) is 29.3 Å². The first-order valence-corrected chi connectivity index (χ1v) is 14.1. The van der Waals surface area contributed by atoms with Crippen molar-refractivity contribution in [1.29, 1.82) is 0 Å². The Bertz CT molecular complexity index is 1540. The third kappa shape index (κ3) is 5.66. The van der Waals surface area contributed by atoms with Crippen molar-refractivity contribution in [2.75, 3.05) is 31.7 Å². The van der Waals surface area contributed by atoms with Crippen LogP contribution in [-0.4, -0.2) is 59.6 Å². The summed E-state index contributed by atoms with van der Waals surface area (Å²) in [6.07, 6.45) is 8.16. The number of sulfone groups is 1. The number of aromatic hydroxyl groups is 1. The van der Waals surface area contributed by atoms with E-state index in [4.69, 9.17) is 23.2 Å². The number of piperidine rings is 1. The minimum Gasteiger partial charge on any atom is -0.505 e. The molecule has 1 aliphatic rings. The van der Waals surface area contributed by atoms with Crippen molar-refractivity contribution in [3.63, 3.8) is 0 Å². The normalized spacial score (nSPS) is 15.0. The zero-order chi connectivity index (χ0) is 25.6. The van der Waals surface area contributed by atoms with E-state index in [9.17, 15) is 13.5 Å². The summed E-state index contributed by atoms with van der Waals surface area (Å²) in [7, 11) is -1.48. The van der Waals surface area contributed by atoms with Gasteiger partial charge < -0.3 is 15.3 Å². The largest absolute Gasteiger partial charge is 0.505 e. The molecule has 8 nitrogen and oxygen atoms in total. The molecule has 0 saturated carbocycles. The van der Waals surface area contributed by atoms with E-state index in [1.807, 2.05) is 23.0 Å². The van der Waals surface area contributed by atoms with Gasteiger partial charge in [0.05, 0.1) is 39.2 Å². The van der Waals surface area contributed by atoms with Gasteiger partial charge in [0.15, 0.2) is 15.6 Å². The number of hydrogen-bond donors (Lipinski definition) is 2. The number of halogens is 3. The molecular formula is C25H26Cl3N5O3S. The van der Waals surface area contributed by atoms with Crippen molar-refractivity contribution < 1.29 is 13.5 Å². The van der Waals surface area contributed by atoms with Crippen LogP contribution in [0.5, 0.6) is 5.75 Å². The minimum atomic E-state index is -3.59. The highest BCUT2D eigenvalue weighted by molar-refractivity contribution is 7.90. The number of rotatable bonds is 5. The fourth-order valence-corrected chi connectivity index (χ4v) is 5.77. The second kappa shape index (κ2) is 10.7. The SMILES string of the molecule is CN1CCC(n2cc(Nc3c(S(C)(=O)=O)cnc4ccc(-c5cc(Cl)c(O)c(Cl)c5)cc34)cn2)CC1.Cl. The molecule has 0 aliphatic carbocycles. The van der Waals surface area contributed by atoms with Crippen molar-refractivity contribution in [2.24, 2.45) is 0 Å². The van der Waals surface area contributed by atoms with Crippen LogP contribution in [0.1, 0.15) is 18.9 Å². The topological polar surface area (TPSA) is 100 Å². The summed E-state index contributed by atoms with van der Waals surface area (Å²) in [4.78, 5) is 6.77. The monoisotopic (exact) mass is 581 g/mol. The molecule has 196 valence electrons. The highest BCUT2D eigenvalue weighted by Crippen LogP contribution is 2.39. The van der Waals surface area contributed by atoms with Crippen LogP contribution in [0.4, 0.5) is 11.4 Å². The molecule has 0 spiro atoms. The predicted octanol–water partition coefficient (Wildman–Crippen LogP) is 5.95. The zero-order valence-corrected chi connectivity index (χ0v) is 23.3. The number of nitrogens with zero attached hydrogens (tertiary/aromatic N) is 4. The number of fused-ring (bicyclic) bond motifs is 1. The third-order valence-electron chi connectivity index (χ3n) is 6.52. The zero-order valence-electron chi connectivity index (χ0n) is 20.1. The van der Waals surface area contributed by atoms with Crippen molar-refractivity contribution in [2.45, 2.75) is 23.8 Å². The van der Waals surface area contributed by atoms with Gasteiger partial charge in [-0.15, -0.1) is 12.4 Å². The van der Waals surface area contributed by atoms with Crippen LogP contribution < -0.4 is 5.32 Å². The molecule has 2 aromatic heterocycles. The van der Waals surface area contributed by atoms with Crippen molar-refractivity contribution >= 4 is 67.7 Å². The standard InChI is InChI=1S/C25H25Cl2N5O3S.ClH/c1-31-7-5-18(6-8-31)32-14-17(12-29-32)30-24-19-9-15(16-10-20(26)25(33)21(27)11-16)3-4-22(19)28-13-23(24)36(2,34)35;/h3-4,9-14,18,33H,5-8H2,1-2H3,(H,28,30);1H. The Hall–Kier alpha value is -2.56. The molecule has 0 atom stereocenters. The molecule has 4 aromatic rings. The molecule has 37 heavy (non-hydrogen) atoms. The fraction of sp³-hybridized carbons (Fsp3) is 0.280. The van der Waals surface area contributed by atoms with Gasteiger partial charge in [0, 0.05) is 24.0 Å². The molecule has 0 bridgehead atoms. The van der Waals surface area contributed by atoms with Crippen LogP contribution in [0.25, 0.3) is 22.0 Å². The third-order valence-corrected chi connectivity index (χ3v) is 8.20. The van der Waals surface area contributed by atoms with Crippen LogP contribution in [0.2, 0.25) is 10.0 Å². The second-order valence-corrected chi connectivity index (χ2v) is 12.0. The molecule has 0 unspecified atom stereocenters. The Morgan fingerprint density at radius 3 is 2.38 bits per heavy atom. The van der Waals surface area contributed by atoms with Gasteiger partial charge in [-0.2, -0.15) is 5.10 Å². The van der Waals surface area contributed by atoms with E-state index in [-0.39, 0.29) is 33.1 Å². The molecule has 1 saturated heterocycles. The lowest BCUT2D eigenvalue weighted by Gasteiger charge is -2.28. The quantitative estimate of drug-likeness (QED) is 0.300. The van der Waals surface area contributed by atoms with Crippen LogP contribution in [-0.2, 0) is 9.84 Å². The van der Waals surface area contributed by atoms with Crippen LogP contribution >= 0.6 is 35.6 Å². The van der Waals surface area contributed by atoms with Gasteiger partial charge in [0.2, 0.25) is 0 Å². The molecule has 0 radical (unpaired) electrons. The van der Waals surface area contributed by atoms with E-state index in [0.29, 0.717) is 33.9 Å². The summed E-state index contributed by atoms with van der Waals surface area (Å²) in [6, 6.07) is 9.00. The predicted molar refractivity (Wildman–Crippen MR) is 150 cm³/mol. The lowest BCUT2D eigenvalue weighted by Crippen LogP contribution is -2.31. The first-order chi connectivity index (χ1) is 17.1. The maximum atomic E-state index is 12.7. The average molecular weight is 583 g/mol. The Morgan fingerprint density at radius 2 is 1.73 bits per heavy atom. The summed E-state index contributed by atoms with van der Waals surface area (Å²) in [5.41, 5.74) is 3.14. The number of benzene rings is 2. The van der Waals surface area contributed by atoms with Gasteiger partial charge in [0.25, 0.3) is 0 Å². The maximum Gasteiger partial charge on any atom is 0.179 e. The molecule has 2 N–H and O–H groups in total. The van der Waals surface area contributed by atoms with Crippen LogP contribution in [0, 0.1) is 0 Å². The number of pyridine rings is 1. The number of likely N-dealkylation sites (tertiary alicyclic amines) is 1. The van der Waals surface area contributed by atoms with E-state index in [0.717, 1.165) is 37.8 Å². The van der Waals surface area contributed by atoms with Crippen molar-refractivity contribution in [3.05, 3.63) is 59.0 Å². The van der Waals surface area contributed by atoms with E-state index in [1.54, 1.807) is 24.4 Å². The molecule has 5 rings (SSSR count). The van der Waals surface area contributed by atoms with E-state index in [2.05, 4.69) is 27.3 Å². The summed E-state index contributed by atoms with van der Waals surface area (Å²) < 4.78 is 27.3. The first kappa shape index (κ1) is 27.5. The maximum absolute atomic E-state index is 12.7. The first-order valence-electron chi connectivity index (χ1n) is 11.4. The lowest BCUT2D eigenvalue weighted by atomic mass is 10.0. The molecule has 1 fully saturated rings. The van der Waals surface area contributed by atoms with Gasteiger partial charge in [0.1, 0.15) is 4.90 Å². The van der Waals surface area contributed by atoms with Gasteiger partial charge in [-0.3, -0.25) is 9.67 Å². The van der Waals surface area contributed by atoms with Crippen LogP contribution in [0.3, 0.4) is 0 Å². The summed E-state index contributed by atoms with van der Waals surface area (Å²) in [5, 5.41) is 18.6. The summed E-state index contributed by atoms with van der Waals surface area (Å²) in [5.74, 6) is -0.187. The molecule has 0 amide bonds. The van der Waals surface area contributed by atoms with Crippen molar-refractivity contribution in [3.8, 4) is 16.9 Å². The Morgan fingerprint density at radius 1 is 1.05 bits per heavy atom. The lowest BCUT2D eigenvalue weighted by molar-refractivity contribution is 0.212. The van der Waals surface area contributed by atoms with Crippen molar-refractivity contribution in [1.82, 2.24) is 19.7 Å². The number of phenols is 1. The highest BCUT2D eigenvalue weighted by atomic mass is 35.5. The molecule has 3 heterocycles. The average Bonchev–Trinajstić information content (AvgIpc) is 3.30. The highest BCUT2D eigenvalue weighted by Gasteiger charge is 2.21. The summed E-state index contributed by atoms with van der Waals surface area (Å²) >= 11 is 12.3. The number of anilines is 2. The van der Waals surface area contributed by atoms with E-state index in [1.165, 1.54) is 6.20 Å². The summed E-state index contributed by atoms with van der Waals surface area (Å²) in [6.45, 7) is 2.02. The van der Waals surface area contributed by atoms with Crippen LogP contribution in [0.15, 0.2) is 53.8 Å². The number of nitrogens with one attached hydrogen (secondary N) is 1. The van der Waals surface area contributed by atoms with E-state index >= 15 is 0 Å². The molecule has 2 aromatic carbocycles. The Kier molecular flexibility index (Phi) is 7.92. The van der Waals surface area contributed by atoms with E-state index < -0.39 is 9.84 Å². The van der Waals surface area contributed by atoms with Gasteiger partial charge in [-0.25, -0.2) is 8.42 Å².